The first kappa shape index (κ1) is 21.6. The molecule has 1 N–H and O–H groups in total. The molecule has 0 radical (unpaired) electrons. The number of ether oxygens (including phenoxy) is 2. The van der Waals surface area contributed by atoms with E-state index in [1.54, 1.807) is 20.3 Å². The number of nitrogens with one attached hydrogen (secondary N) is 1. The van der Waals surface area contributed by atoms with E-state index in [4.69, 9.17) is 9.47 Å². The van der Waals surface area contributed by atoms with Gasteiger partial charge in [0.05, 0.1) is 19.9 Å². The molecule has 10 heteroatoms. The van der Waals surface area contributed by atoms with Crippen molar-refractivity contribution in [1.82, 2.24) is 24.7 Å². The lowest BCUT2D eigenvalue weighted by molar-refractivity contribution is -0.122. The van der Waals surface area contributed by atoms with Gasteiger partial charge in [-0.3, -0.25) is 9.59 Å². The summed E-state index contributed by atoms with van der Waals surface area (Å²) in [6.45, 7) is 0.0431. The highest BCUT2D eigenvalue weighted by molar-refractivity contribution is 9.10. The molecule has 0 spiro atoms. The van der Waals surface area contributed by atoms with Crippen LogP contribution in [0.1, 0.15) is 5.56 Å². The standard InChI is InChI=1S/C22H20BrN5O4/c1-31-17-6-3-14(4-7-17)18-10-19-22(30)27(25-13-28(19)26-18)12-21(29)24-11-15-9-16(23)5-8-20(15)32-2/h3-10,13H,11-12H2,1-2H3,(H,24,29). The van der Waals surface area contributed by atoms with Gasteiger partial charge < -0.3 is 14.8 Å². The molecule has 4 rings (SSSR count). The van der Waals surface area contributed by atoms with Gasteiger partial charge in [0.25, 0.3) is 5.56 Å². The number of rotatable bonds is 7. The van der Waals surface area contributed by atoms with Gasteiger partial charge >= 0.3 is 0 Å². The highest BCUT2D eigenvalue weighted by Crippen LogP contribution is 2.23. The second kappa shape index (κ2) is 9.23. The van der Waals surface area contributed by atoms with E-state index in [0.29, 0.717) is 17.0 Å². The summed E-state index contributed by atoms with van der Waals surface area (Å²) in [4.78, 5) is 25.3. The first-order chi connectivity index (χ1) is 15.5. The van der Waals surface area contributed by atoms with Crippen molar-refractivity contribution in [2.24, 2.45) is 0 Å². The highest BCUT2D eigenvalue weighted by atomic mass is 79.9. The van der Waals surface area contributed by atoms with Crippen molar-refractivity contribution >= 4 is 27.4 Å². The van der Waals surface area contributed by atoms with E-state index >= 15 is 0 Å². The zero-order chi connectivity index (χ0) is 22.7. The maximum Gasteiger partial charge on any atom is 0.293 e. The SMILES string of the molecule is COc1ccc(-c2cc3c(=O)n(CC(=O)NCc4cc(Br)ccc4OC)ncn3n2)cc1. The summed E-state index contributed by atoms with van der Waals surface area (Å²) < 4.78 is 13.9. The number of aromatic nitrogens is 4. The smallest absolute Gasteiger partial charge is 0.293 e. The summed E-state index contributed by atoms with van der Waals surface area (Å²) in [7, 11) is 3.17. The van der Waals surface area contributed by atoms with Crippen LogP contribution in [-0.2, 0) is 17.9 Å². The maximum atomic E-state index is 12.8. The van der Waals surface area contributed by atoms with E-state index in [-0.39, 0.29) is 19.0 Å². The number of hydrogen-bond acceptors (Lipinski definition) is 6. The number of carbonyl (C=O) groups excluding carboxylic acids is 1. The fourth-order valence-corrected chi connectivity index (χ4v) is 3.63. The third-order valence-electron chi connectivity index (χ3n) is 4.89. The topological polar surface area (TPSA) is 99.8 Å². The summed E-state index contributed by atoms with van der Waals surface area (Å²) in [5.74, 6) is 1.05. The van der Waals surface area contributed by atoms with Crippen LogP contribution in [0.5, 0.6) is 11.5 Å². The monoisotopic (exact) mass is 497 g/mol. The minimum atomic E-state index is -0.407. The van der Waals surface area contributed by atoms with Gasteiger partial charge in [0.15, 0.2) is 0 Å². The molecule has 0 atom stereocenters. The van der Waals surface area contributed by atoms with Gasteiger partial charge in [0.1, 0.15) is 29.9 Å². The highest BCUT2D eigenvalue weighted by Gasteiger charge is 2.13. The number of fused-ring (bicyclic) bond motifs is 1. The molecular formula is C22H20BrN5O4. The Morgan fingerprint density at radius 3 is 2.59 bits per heavy atom. The lowest BCUT2D eigenvalue weighted by atomic mass is 10.1. The molecule has 4 aromatic rings. The Morgan fingerprint density at radius 1 is 1.09 bits per heavy atom. The van der Waals surface area contributed by atoms with Crippen LogP contribution in [0.15, 0.2) is 64.1 Å². The summed E-state index contributed by atoms with van der Waals surface area (Å²) in [5.41, 5.74) is 2.18. The predicted octanol–water partition coefficient (Wildman–Crippen LogP) is 2.65. The first-order valence-electron chi connectivity index (χ1n) is 9.67. The minimum absolute atomic E-state index is 0.214. The third kappa shape index (κ3) is 4.50. The molecule has 0 aliphatic carbocycles. The van der Waals surface area contributed by atoms with Crippen LogP contribution in [0.4, 0.5) is 0 Å². The lowest BCUT2D eigenvalue weighted by Gasteiger charge is -2.10. The lowest BCUT2D eigenvalue weighted by Crippen LogP contribution is -2.34. The van der Waals surface area contributed by atoms with Crippen LogP contribution in [0.25, 0.3) is 16.8 Å². The number of amides is 1. The zero-order valence-corrected chi connectivity index (χ0v) is 19.0. The van der Waals surface area contributed by atoms with Crippen molar-refractivity contribution in [2.45, 2.75) is 13.1 Å². The summed E-state index contributed by atoms with van der Waals surface area (Å²) in [6, 6.07) is 14.6. The molecule has 0 aliphatic rings. The molecule has 0 saturated heterocycles. The average Bonchev–Trinajstić information content (AvgIpc) is 3.25. The molecule has 2 aromatic carbocycles. The molecule has 0 bridgehead atoms. The van der Waals surface area contributed by atoms with E-state index in [1.807, 2.05) is 42.5 Å². The normalized spacial score (nSPS) is 10.8. The van der Waals surface area contributed by atoms with Crippen LogP contribution in [0.3, 0.4) is 0 Å². The molecule has 164 valence electrons. The Balaban J connectivity index is 1.51. The van der Waals surface area contributed by atoms with E-state index < -0.39 is 5.56 Å². The second-order valence-corrected chi connectivity index (χ2v) is 7.83. The Morgan fingerprint density at radius 2 is 1.88 bits per heavy atom. The molecule has 1 amide bonds. The number of methoxy groups -OCH3 is 2. The molecule has 0 fully saturated rings. The second-order valence-electron chi connectivity index (χ2n) is 6.91. The van der Waals surface area contributed by atoms with Gasteiger partial charge in [-0.05, 0) is 48.5 Å². The van der Waals surface area contributed by atoms with E-state index in [1.165, 1.54) is 10.8 Å². The number of carbonyl (C=O) groups is 1. The predicted molar refractivity (Wildman–Crippen MR) is 122 cm³/mol. The van der Waals surface area contributed by atoms with E-state index in [9.17, 15) is 9.59 Å². The van der Waals surface area contributed by atoms with Crippen molar-refractivity contribution < 1.29 is 14.3 Å². The van der Waals surface area contributed by atoms with Crippen LogP contribution in [0, 0.1) is 0 Å². The molecule has 9 nitrogen and oxygen atoms in total. The van der Waals surface area contributed by atoms with Gasteiger partial charge in [-0.1, -0.05) is 15.9 Å². The number of hydrogen-bond donors (Lipinski definition) is 1. The van der Waals surface area contributed by atoms with Gasteiger partial charge in [0, 0.05) is 22.1 Å². The van der Waals surface area contributed by atoms with Crippen LogP contribution in [-0.4, -0.2) is 39.5 Å². The minimum Gasteiger partial charge on any atom is -0.497 e. The fourth-order valence-electron chi connectivity index (χ4n) is 3.22. The molecule has 0 unspecified atom stereocenters. The fraction of sp³-hybridized carbons (Fsp3) is 0.182. The van der Waals surface area contributed by atoms with Crippen molar-refractivity contribution in [3.8, 4) is 22.8 Å². The Bertz CT molecular complexity index is 1330. The zero-order valence-electron chi connectivity index (χ0n) is 17.4. The van der Waals surface area contributed by atoms with Crippen LogP contribution in [0.2, 0.25) is 0 Å². The van der Waals surface area contributed by atoms with Crippen LogP contribution >= 0.6 is 15.9 Å². The Hall–Kier alpha value is -3.66. The van der Waals surface area contributed by atoms with Crippen molar-refractivity contribution in [2.75, 3.05) is 14.2 Å². The maximum absolute atomic E-state index is 12.8. The Labute approximate surface area is 191 Å². The van der Waals surface area contributed by atoms with Crippen molar-refractivity contribution in [3.63, 3.8) is 0 Å². The summed E-state index contributed by atoms with van der Waals surface area (Å²) >= 11 is 3.41. The van der Waals surface area contributed by atoms with E-state index in [2.05, 4.69) is 31.4 Å². The first-order valence-corrected chi connectivity index (χ1v) is 10.5. The average molecular weight is 498 g/mol. The largest absolute Gasteiger partial charge is 0.497 e. The molecule has 0 aliphatic heterocycles. The van der Waals surface area contributed by atoms with Gasteiger partial charge in [-0.15, -0.1) is 0 Å². The number of nitrogens with zero attached hydrogens (tertiary/aromatic N) is 4. The van der Waals surface area contributed by atoms with Gasteiger partial charge in [-0.25, -0.2) is 9.20 Å². The summed E-state index contributed by atoms with van der Waals surface area (Å²) in [6.07, 6.45) is 1.41. The van der Waals surface area contributed by atoms with E-state index in [0.717, 1.165) is 26.0 Å². The molecule has 0 saturated carbocycles. The molecule has 2 aromatic heterocycles. The van der Waals surface area contributed by atoms with Crippen molar-refractivity contribution in [3.05, 3.63) is 75.2 Å². The van der Waals surface area contributed by atoms with Gasteiger partial charge in [0.2, 0.25) is 5.91 Å². The number of benzene rings is 2. The molecule has 32 heavy (non-hydrogen) atoms. The third-order valence-corrected chi connectivity index (χ3v) is 5.38. The van der Waals surface area contributed by atoms with Gasteiger partial charge in [-0.2, -0.15) is 10.2 Å². The number of halogens is 1. The summed E-state index contributed by atoms with van der Waals surface area (Å²) in [5, 5.41) is 11.3. The van der Waals surface area contributed by atoms with Crippen LogP contribution < -0.4 is 20.3 Å². The van der Waals surface area contributed by atoms with Crippen molar-refractivity contribution in [1.29, 1.82) is 0 Å². The molecular weight excluding hydrogens is 478 g/mol. The molecule has 2 heterocycles. The Kier molecular flexibility index (Phi) is 6.22. The quantitative estimate of drug-likeness (QED) is 0.421.